The Morgan fingerprint density at radius 2 is 1.88 bits per heavy atom. The summed E-state index contributed by atoms with van der Waals surface area (Å²) >= 11 is 0. The van der Waals surface area contributed by atoms with Crippen LogP contribution in [0.1, 0.15) is 53.2 Å². The topological polar surface area (TPSA) is 73.2 Å². The number of aryl methyl sites for hydroxylation is 1. The van der Waals surface area contributed by atoms with Gasteiger partial charge in [-0.25, -0.2) is 0 Å². The first-order valence-corrected chi connectivity index (χ1v) is 9.59. The van der Waals surface area contributed by atoms with Gasteiger partial charge in [0.15, 0.2) is 0 Å². The molecule has 2 heterocycles. The van der Waals surface area contributed by atoms with Gasteiger partial charge in [-0.3, -0.25) is 13.7 Å². The van der Waals surface area contributed by atoms with Crippen molar-refractivity contribution in [2.45, 2.75) is 62.9 Å². The van der Waals surface area contributed by atoms with Crippen LogP contribution >= 0.6 is 0 Å². The van der Waals surface area contributed by atoms with Crippen molar-refractivity contribution in [2.24, 2.45) is 7.05 Å². The summed E-state index contributed by atoms with van der Waals surface area (Å²) in [5.41, 5.74) is 0.810. The zero-order chi connectivity index (χ0) is 18.1. The first-order valence-electron chi connectivity index (χ1n) is 8.38. The lowest BCUT2D eigenvalue weighted by Gasteiger charge is -2.30. The average molecular weight is 356 g/mol. The molecule has 6 nitrogen and oxygen atoms in total. The zero-order valence-corrected chi connectivity index (χ0v) is 16.3. The van der Waals surface area contributed by atoms with Crippen LogP contribution in [-0.4, -0.2) is 43.1 Å². The molecule has 0 bridgehead atoms. The van der Waals surface area contributed by atoms with Crippen molar-refractivity contribution in [3.8, 4) is 0 Å². The van der Waals surface area contributed by atoms with E-state index in [9.17, 15) is 9.00 Å². The van der Waals surface area contributed by atoms with Gasteiger partial charge in [-0.2, -0.15) is 5.10 Å². The molecule has 1 aliphatic heterocycles. The number of ether oxygens (including phenoxy) is 1. The first kappa shape index (κ1) is 19.1. The summed E-state index contributed by atoms with van der Waals surface area (Å²) in [7, 11) is 0.540. The largest absolute Gasteiger partial charge is 0.381 e. The molecule has 1 unspecified atom stereocenters. The number of carbonyl (C=O) groups is 1. The Kier molecular flexibility index (Phi) is 5.54. The van der Waals surface area contributed by atoms with Gasteiger partial charge in [0, 0.05) is 47.8 Å². The van der Waals surface area contributed by atoms with Crippen LogP contribution in [0.3, 0.4) is 0 Å². The highest BCUT2D eigenvalue weighted by atomic mass is 32.2. The van der Waals surface area contributed by atoms with Crippen LogP contribution in [0.15, 0.2) is 6.07 Å². The highest BCUT2D eigenvalue weighted by Gasteiger charge is 2.39. The summed E-state index contributed by atoms with van der Waals surface area (Å²) in [5.74, 6) is 0.387. The van der Waals surface area contributed by atoms with Crippen LogP contribution in [-0.2, 0) is 32.8 Å². The number of anilines is 1. The monoisotopic (exact) mass is 355 g/mol. The van der Waals surface area contributed by atoms with Crippen molar-refractivity contribution in [3.63, 3.8) is 0 Å². The normalized spacial score (nSPS) is 18.4. The van der Waals surface area contributed by atoms with Crippen molar-refractivity contribution in [2.75, 3.05) is 18.5 Å². The number of nitrogens with one attached hydrogen (secondary N) is 1. The summed E-state index contributed by atoms with van der Waals surface area (Å²) < 4.78 is 18.9. The number of nitrogens with zero attached hydrogens (tertiary/aromatic N) is 2. The summed E-state index contributed by atoms with van der Waals surface area (Å²) in [6, 6.07) is 1.88. The second-order valence-electron chi connectivity index (χ2n) is 7.86. The predicted molar refractivity (Wildman–Crippen MR) is 96.6 cm³/mol. The molecule has 1 N–H and O–H groups in total. The molecule has 1 amide bonds. The van der Waals surface area contributed by atoms with E-state index in [0.717, 1.165) is 18.5 Å². The van der Waals surface area contributed by atoms with Gasteiger partial charge in [0.2, 0.25) is 5.91 Å². The summed E-state index contributed by atoms with van der Waals surface area (Å²) in [5, 5.41) is 7.37. The molecule has 0 spiro atoms. The summed E-state index contributed by atoms with van der Waals surface area (Å²) in [4.78, 5) is 12.8. The Morgan fingerprint density at radius 1 is 1.29 bits per heavy atom. The van der Waals surface area contributed by atoms with Crippen LogP contribution < -0.4 is 5.32 Å². The molecule has 0 saturated carbocycles. The Hall–Kier alpha value is -1.21. The third kappa shape index (κ3) is 4.06. The van der Waals surface area contributed by atoms with Crippen molar-refractivity contribution in [3.05, 3.63) is 11.8 Å². The molecule has 1 saturated heterocycles. The standard InChI is InChI=1S/C17H29N3O3S/c1-16(2,3)13-11-14(20(6)19-13)18-15(21)17(4,5)24(22)12-7-9-23-10-8-12/h11-12H,7-10H2,1-6H3,(H,18,21). The third-order valence-corrected chi connectivity index (χ3v) is 6.68. The van der Waals surface area contributed by atoms with Gasteiger partial charge in [-0.15, -0.1) is 0 Å². The molecule has 136 valence electrons. The van der Waals surface area contributed by atoms with Gasteiger partial charge in [-0.1, -0.05) is 20.8 Å². The maximum absolute atomic E-state index is 12.9. The lowest BCUT2D eigenvalue weighted by atomic mass is 9.92. The summed E-state index contributed by atoms with van der Waals surface area (Å²) in [6.07, 6.45) is 1.48. The third-order valence-electron chi connectivity index (χ3n) is 4.41. The minimum Gasteiger partial charge on any atom is -0.381 e. The van der Waals surface area contributed by atoms with Crippen LogP contribution in [0.25, 0.3) is 0 Å². The molecule has 0 aromatic carbocycles. The molecule has 7 heteroatoms. The fourth-order valence-corrected chi connectivity index (χ4v) is 4.30. The van der Waals surface area contributed by atoms with E-state index in [2.05, 4.69) is 31.2 Å². The Balaban J connectivity index is 2.13. The smallest absolute Gasteiger partial charge is 0.243 e. The Bertz CT molecular complexity index is 626. The number of carbonyl (C=O) groups excluding carboxylic acids is 1. The molecular formula is C17H29N3O3S. The van der Waals surface area contributed by atoms with E-state index >= 15 is 0 Å². The maximum Gasteiger partial charge on any atom is 0.243 e. The summed E-state index contributed by atoms with van der Waals surface area (Å²) in [6.45, 7) is 10.9. The molecule has 1 atom stereocenters. The lowest BCUT2D eigenvalue weighted by Crippen LogP contribution is -2.46. The number of rotatable bonds is 4. The van der Waals surface area contributed by atoms with E-state index < -0.39 is 15.5 Å². The van der Waals surface area contributed by atoms with Crippen molar-refractivity contribution in [1.82, 2.24) is 9.78 Å². The number of aromatic nitrogens is 2. The molecule has 1 fully saturated rings. The highest BCUT2D eigenvalue weighted by molar-refractivity contribution is 7.87. The number of hydrogen-bond acceptors (Lipinski definition) is 4. The van der Waals surface area contributed by atoms with Gasteiger partial charge in [0.25, 0.3) is 0 Å². The van der Waals surface area contributed by atoms with E-state index in [1.54, 1.807) is 25.6 Å². The molecule has 1 aromatic heterocycles. The van der Waals surface area contributed by atoms with Crippen LogP contribution in [0.5, 0.6) is 0 Å². The van der Waals surface area contributed by atoms with Gasteiger partial charge in [0.05, 0.1) is 5.69 Å². The van der Waals surface area contributed by atoms with Gasteiger partial charge >= 0.3 is 0 Å². The second-order valence-corrected chi connectivity index (χ2v) is 10.1. The average Bonchev–Trinajstić information content (AvgIpc) is 2.88. The van der Waals surface area contributed by atoms with Gasteiger partial charge in [-0.05, 0) is 26.7 Å². The van der Waals surface area contributed by atoms with Gasteiger partial charge < -0.3 is 10.1 Å². The minimum absolute atomic E-state index is 0.0103. The predicted octanol–water partition coefficient (Wildman–Crippen LogP) is 2.36. The molecule has 1 aromatic rings. The van der Waals surface area contributed by atoms with E-state index in [1.165, 1.54) is 0 Å². The minimum atomic E-state index is -1.26. The number of hydrogen-bond donors (Lipinski definition) is 1. The van der Waals surface area contributed by atoms with Crippen LogP contribution in [0.4, 0.5) is 5.82 Å². The second kappa shape index (κ2) is 6.96. The van der Waals surface area contributed by atoms with Crippen molar-refractivity contribution in [1.29, 1.82) is 0 Å². The SMILES string of the molecule is Cn1nc(C(C)(C)C)cc1NC(=O)C(C)(C)S(=O)C1CCOCC1. The molecule has 24 heavy (non-hydrogen) atoms. The molecule has 1 aliphatic rings. The Morgan fingerprint density at radius 3 is 2.38 bits per heavy atom. The van der Waals surface area contributed by atoms with Gasteiger partial charge in [0.1, 0.15) is 10.6 Å². The van der Waals surface area contributed by atoms with E-state index in [-0.39, 0.29) is 16.6 Å². The zero-order valence-electron chi connectivity index (χ0n) is 15.5. The highest BCUT2D eigenvalue weighted by Crippen LogP contribution is 2.27. The Labute approximate surface area is 146 Å². The van der Waals surface area contributed by atoms with E-state index in [1.807, 2.05) is 6.07 Å². The van der Waals surface area contributed by atoms with E-state index in [0.29, 0.717) is 19.0 Å². The fraction of sp³-hybridized carbons (Fsp3) is 0.765. The molecule has 2 rings (SSSR count). The maximum atomic E-state index is 12.9. The van der Waals surface area contributed by atoms with Crippen molar-refractivity contribution < 1.29 is 13.7 Å². The number of amides is 1. The van der Waals surface area contributed by atoms with Crippen LogP contribution in [0.2, 0.25) is 0 Å². The lowest BCUT2D eigenvalue weighted by molar-refractivity contribution is -0.117. The molecular weight excluding hydrogens is 326 g/mol. The quantitative estimate of drug-likeness (QED) is 0.900. The van der Waals surface area contributed by atoms with E-state index in [4.69, 9.17) is 4.74 Å². The van der Waals surface area contributed by atoms with Crippen LogP contribution in [0, 0.1) is 0 Å². The van der Waals surface area contributed by atoms with Crippen molar-refractivity contribution >= 4 is 22.5 Å². The first-order chi connectivity index (χ1) is 11.0. The molecule has 0 radical (unpaired) electrons. The molecule has 0 aliphatic carbocycles. The fourth-order valence-electron chi connectivity index (χ4n) is 2.62.